The second-order valence-corrected chi connectivity index (χ2v) is 8.07. The van der Waals surface area contributed by atoms with Gasteiger partial charge in [-0.3, -0.25) is 9.79 Å². The molecule has 1 aliphatic rings. The van der Waals surface area contributed by atoms with E-state index in [4.69, 9.17) is 16.6 Å². The second kappa shape index (κ2) is 7.90. The third-order valence-corrected chi connectivity index (χ3v) is 5.65. The van der Waals surface area contributed by atoms with E-state index in [1.54, 1.807) is 6.92 Å². The van der Waals surface area contributed by atoms with Crippen LogP contribution in [0.25, 0.3) is 0 Å². The summed E-state index contributed by atoms with van der Waals surface area (Å²) in [6.07, 6.45) is 0.609. The molecule has 0 spiro atoms. The Bertz CT molecular complexity index is 1040. The number of para-hydroxylation sites is 2. The SMILES string of the molecule is CC(=O)N1c2ccccc2N=C(c2ccc(Br)cc2)CC1c1ccc(Cl)cc1. The molecule has 140 valence electrons. The van der Waals surface area contributed by atoms with Gasteiger partial charge in [0.25, 0.3) is 0 Å². The molecule has 0 N–H and O–H groups in total. The summed E-state index contributed by atoms with van der Waals surface area (Å²) in [5.74, 6) is -0.0142. The summed E-state index contributed by atoms with van der Waals surface area (Å²) >= 11 is 9.58. The molecule has 1 amide bonds. The van der Waals surface area contributed by atoms with Crippen molar-refractivity contribution in [1.82, 2.24) is 0 Å². The molecule has 0 aliphatic carbocycles. The zero-order valence-corrected chi connectivity index (χ0v) is 17.6. The van der Waals surface area contributed by atoms with E-state index >= 15 is 0 Å². The first kappa shape index (κ1) is 18.9. The molecular formula is C23H18BrClN2O. The quantitative estimate of drug-likeness (QED) is 0.424. The predicted octanol–water partition coefficient (Wildman–Crippen LogP) is 6.72. The maximum atomic E-state index is 12.7. The molecule has 0 fully saturated rings. The van der Waals surface area contributed by atoms with E-state index in [9.17, 15) is 4.79 Å². The lowest BCUT2D eigenvalue weighted by atomic mass is 9.96. The summed E-state index contributed by atoms with van der Waals surface area (Å²) < 4.78 is 1.02. The van der Waals surface area contributed by atoms with Gasteiger partial charge in [0.2, 0.25) is 5.91 Å². The zero-order valence-electron chi connectivity index (χ0n) is 15.3. The molecular weight excluding hydrogens is 436 g/mol. The van der Waals surface area contributed by atoms with Crippen molar-refractivity contribution in [3.63, 3.8) is 0 Å². The lowest BCUT2D eigenvalue weighted by molar-refractivity contribution is -0.117. The van der Waals surface area contributed by atoms with Crippen molar-refractivity contribution in [2.24, 2.45) is 4.99 Å². The van der Waals surface area contributed by atoms with Gasteiger partial charge in [0, 0.05) is 22.8 Å². The topological polar surface area (TPSA) is 32.7 Å². The van der Waals surface area contributed by atoms with Crippen molar-refractivity contribution >= 4 is 50.5 Å². The third kappa shape index (κ3) is 3.75. The minimum absolute atomic E-state index is 0.0142. The third-order valence-electron chi connectivity index (χ3n) is 4.87. The summed E-state index contributed by atoms with van der Waals surface area (Å²) in [5, 5.41) is 0.675. The van der Waals surface area contributed by atoms with Crippen molar-refractivity contribution in [2.75, 3.05) is 4.90 Å². The van der Waals surface area contributed by atoms with Crippen LogP contribution in [-0.2, 0) is 4.79 Å². The van der Waals surface area contributed by atoms with Crippen LogP contribution < -0.4 is 4.90 Å². The van der Waals surface area contributed by atoms with E-state index in [0.29, 0.717) is 11.4 Å². The van der Waals surface area contributed by atoms with Crippen LogP contribution in [0.5, 0.6) is 0 Å². The monoisotopic (exact) mass is 452 g/mol. The number of fused-ring (bicyclic) bond motifs is 1. The summed E-state index contributed by atoms with van der Waals surface area (Å²) in [7, 11) is 0. The Morgan fingerprint density at radius 3 is 2.39 bits per heavy atom. The number of anilines is 1. The number of nitrogens with zero attached hydrogens (tertiary/aromatic N) is 2. The van der Waals surface area contributed by atoms with Crippen LogP contribution in [0.4, 0.5) is 11.4 Å². The van der Waals surface area contributed by atoms with Crippen molar-refractivity contribution in [3.05, 3.63) is 93.4 Å². The molecule has 28 heavy (non-hydrogen) atoms. The van der Waals surface area contributed by atoms with E-state index < -0.39 is 0 Å². The zero-order chi connectivity index (χ0) is 19.7. The van der Waals surface area contributed by atoms with E-state index in [1.165, 1.54) is 0 Å². The molecule has 0 saturated heterocycles. The predicted molar refractivity (Wildman–Crippen MR) is 119 cm³/mol. The molecule has 0 saturated carbocycles. The number of carbonyl (C=O) groups excluding carboxylic acids is 1. The first-order valence-electron chi connectivity index (χ1n) is 9.01. The maximum absolute atomic E-state index is 12.7. The minimum atomic E-state index is -0.166. The molecule has 1 atom stereocenters. The first-order valence-corrected chi connectivity index (χ1v) is 10.2. The lowest BCUT2D eigenvalue weighted by Gasteiger charge is -2.30. The van der Waals surface area contributed by atoms with Gasteiger partial charge in [-0.2, -0.15) is 0 Å². The van der Waals surface area contributed by atoms with E-state index in [-0.39, 0.29) is 11.9 Å². The Morgan fingerprint density at radius 1 is 1.04 bits per heavy atom. The van der Waals surface area contributed by atoms with Gasteiger partial charge in [0.15, 0.2) is 0 Å². The molecule has 3 nitrogen and oxygen atoms in total. The van der Waals surface area contributed by atoms with Crippen molar-refractivity contribution in [1.29, 1.82) is 0 Å². The molecule has 1 aliphatic heterocycles. The minimum Gasteiger partial charge on any atom is -0.303 e. The van der Waals surface area contributed by atoms with E-state index in [0.717, 1.165) is 32.7 Å². The van der Waals surface area contributed by atoms with E-state index in [1.807, 2.05) is 77.7 Å². The fourth-order valence-corrected chi connectivity index (χ4v) is 3.95. The second-order valence-electron chi connectivity index (χ2n) is 6.71. The number of benzene rings is 3. The van der Waals surface area contributed by atoms with Crippen molar-refractivity contribution in [2.45, 2.75) is 19.4 Å². The summed E-state index contributed by atoms with van der Waals surface area (Å²) in [4.78, 5) is 19.5. The highest BCUT2D eigenvalue weighted by Gasteiger charge is 2.30. The molecule has 1 heterocycles. The molecule has 3 aromatic rings. The van der Waals surface area contributed by atoms with Crippen LogP contribution in [0.15, 0.2) is 82.3 Å². The average molecular weight is 454 g/mol. The van der Waals surface area contributed by atoms with Gasteiger partial charge in [-0.15, -0.1) is 0 Å². The van der Waals surface area contributed by atoms with Crippen molar-refractivity contribution in [3.8, 4) is 0 Å². The number of hydrogen-bond donors (Lipinski definition) is 0. The van der Waals surface area contributed by atoms with Crippen LogP contribution in [0.3, 0.4) is 0 Å². The van der Waals surface area contributed by atoms with Crippen LogP contribution in [0.1, 0.15) is 30.5 Å². The summed E-state index contributed by atoms with van der Waals surface area (Å²) in [6, 6.07) is 23.4. The highest BCUT2D eigenvalue weighted by Crippen LogP contribution is 2.40. The van der Waals surface area contributed by atoms with Gasteiger partial charge >= 0.3 is 0 Å². The first-order chi connectivity index (χ1) is 13.5. The molecule has 1 unspecified atom stereocenters. The van der Waals surface area contributed by atoms with Crippen LogP contribution in [-0.4, -0.2) is 11.6 Å². The molecule has 0 bridgehead atoms. The molecule has 3 aromatic carbocycles. The number of rotatable bonds is 2. The average Bonchev–Trinajstić information content (AvgIpc) is 2.86. The summed E-state index contributed by atoms with van der Waals surface area (Å²) in [5.41, 5.74) is 4.64. The Hall–Kier alpha value is -2.43. The van der Waals surface area contributed by atoms with Gasteiger partial charge in [0.05, 0.1) is 23.1 Å². The largest absolute Gasteiger partial charge is 0.303 e. The lowest BCUT2D eigenvalue weighted by Crippen LogP contribution is -2.33. The molecule has 0 radical (unpaired) electrons. The Labute approximate surface area is 177 Å². The number of hydrogen-bond acceptors (Lipinski definition) is 2. The van der Waals surface area contributed by atoms with Crippen LogP contribution in [0, 0.1) is 0 Å². The van der Waals surface area contributed by atoms with Crippen LogP contribution in [0.2, 0.25) is 5.02 Å². The van der Waals surface area contributed by atoms with Gasteiger partial charge in [0.1, 0.15) is 0 Å². The van der Waals surface area contributed by atoms with Gasteiger partial charge in [-0.1, -0.05) is 63.9 Å². The molecule has 4 rings (SSSR count). The fraction of sp³-hybridized carbons (Fsp3) is 0.130. The maximum Gasteiger partial charge on any atom is 0.224 e. The molecule has 5 heteroatoms. The normalized spacial score (nSPS) is 16.2. The van der Waals surface area contributed by atoms with Crippen molar-refractivity contribution < 1.29 is 4.79 Å². The number of aliphatic imine (C=N–C) groups is 1. The Balaban J connectivity index is 1.89. The van der Waals surface area contributed by atoms with E-state index in [2.05, 4.69) is 15.9 Å². The van der Waals surface area contributed by atoms with Gasteiger partial charge in [-0.05, 0) is 47.5 Å². The van der Waals surface area contributed by atoms with Crippen LogP contribution >= 0.6 is 27.5 Å². The Kier molecular flexibility index (Phi) is 5.33. The van der Waals surface area contributed by atoms with Gasteiger partial charge in [-0.25, -0.2) is 0 Å². The standard InChI is InChI=1S/C23H18BrClN2O/c1-15(28)27-22-5-3-2-4-20(22)26-21(16-6-10-18(24)11-7-16)14-23(27)17-8-12-19(25)13-9-17/h2-13,23H,14H2,1H3. The smallest absolute Gasteiger partial charge is 0.224 e. The highest BCUT2D eigenvalue weighted by atomic mass is 79.9. The highest BCUT2D eigenvalue weighted by molar-refractivity contribution is 9.10. The summed E-state index contributed by atoms with van der Waals surface area (Å²) in [6.45, 7) is 1.60. The number of amides is 1. The Morgan fingerprint density at radius 2 is 1.71 bits per heavy atom. The molecule has 0 aromatic heterocycles. The number of halogens is 2. The van der Waals surface area contributed by atoms with Gasteiger partial charge < -0.3 is 4.90 Å². The fourth-order valence-electron chi connectivity index (χ4n) is 3.56. The number of carbonyl (C=O) groups is 1.